The molecule has 0 aliphatic rings. The number of alkyl halides is 1. The molecule has 0 spiro atoms. The summed E-state index contributed by atoms with van der Waals surface area (Å²) in [6.07, 6.45) is -7.36. The van der Waals surface area contributed by atoms with Crippen molar-refractivity contribution in [3.05, 3.63) is 0 Å². The molecule has 0 heterocycles. The van der Waals surface area contributed by atoms with Crippen molar-refractivity contribution in [1.29, 1.82) is 0 Å². The van der Waals surface area contributed by atoms with Gasteiger partial charge in [-0.3, -0.25) is 0 Å². The summed E-state index contributed by atoms with van der Waals surface area (Å²) in [6.45, 7) is -1.26. The van der Waals surface area contributed by atoms with Crippen LogP contribution in [0.5, 0.6) is 0 Å². The van der Waals surface area contributed by atoms with Gasteiger partial charge in [0, 0.05) is 0 Å². The molecule has 0 saturated carbocycles. The third-order valence-corrected chi connectivity index (χ3v) is 1.39. The number of carbonyl (C=O) groups excluding carboxylic acids is 1. The first-order valence-electron chi connectivity index (χ1n) is 3.28. The molecular weight excluding hydrogens is 170 g/mol. The summed E-state index contributed by atoms with van der Waals surface area (Å²) >= 11 is 0. The second kappa shape index (κ2) is 5.15. The minimum Gasteiger partial charge on any atom is -0.388 e. The van der Waals surface area contributed by atoms with Crippen LogP contribution in [-0.2, 0) is 4.79 Å². The van der Waals surface area contributed by atoms with Crippen LogP contribution in [0.4, 0.5) is 4.39 Å². The monoisotopic (exact) mass is 181 g/mol. The van der Waals surface area contributed by atoms with E-state index in [9.17, 15) is 9.18 Å². The largest absolute Gasteiger partial charge is 0.388 e. The van der Waals surface area contributed by atoms with E-state index < -0.39 is 31.1 Å². The summed E-state index contributed by atoms with van der Waals surface area (Å²) in [5.74, 6) is 0. The van der Waals surface area contributed by atoms with E-state index in [0.717, 1.165) is 0 Å². The molecule has 0 saturated heterocycles. The molecule has 4 N–H and O–H groups in total. The number of carbonyl (C=O) groups is 1. The average Bonchev–Trinajstić information content (AvgIpc) is 2.12. The minimum atomic E-state index is -1.87. The third kappa shape index (κ3) is 2.82. The first-order valence-corrected chi connectivity index (χ1v) is 3.28. The van der Waals surface area contributed by atoms with Gasteiger partial charge < -0.3 is 25.2 Å². The Labute approximate surface area is 68.1 Å². The van der Waals surface area contributed by atoms with E-state index in [0.29, 0.717) is 0 Å². The number of hydrogen-bond acceptors (Lipinski definition) is 5. The maximum absolute atomic E-state index is 11.7. The smallest absolute Gasteiger partial charge is 0.151 e. The summed E-state index contributed by atoms with van der Waals surface area (Å²) < 4.78 is 11.7. The maximum Gasteiger partial charge on any atom is 0.151 e. The van der Waals surface area contributed by atoms with E-state index in [2.05, 4.69) is 0 Å². The van der Waals surface area contributed by atoms with Crippen molar-refractivity contribution in [1.82, 2.24) is 0 Å². The fourth-order valence-corrected chi connectivity index (χ4v) is 0.601. The van der Waals surface area contributed by atoms with Gasteiger partial charge in [-0.25, -0.2) is 4.39 Å². The highest BCUT2D eigenvalue weighted by molar-refractivity contribution is 5.56. The van der Waals surface area contributed by atoms with Crippen LogP contribution in [0.25, 0.3) is 0 Å². The molecule has 0 aliphatic carbocycles. The SMILES string of the molecule is O=C[C@H](O)[C@H](O)[C@H](O)[C@H](O)C[18F]. The lowest BCUT2D eigenvalue weighted by atomic mass is 10.0. The number of hydrogen-bond donors (Lipinski definition) is 4. The van der Waals surface area contributed by atoms with Crippen molar-refractivity contribution in [2.75, 3.05) is 6.67 Å². The van der Waals surface area contributed by atoms with Crippen LogP contribution in [0.2, 0.25) is 0 Å². The normalized spacial score (nSPS) is 21.1. The van der Waals surface area contributed by atoms with Crippen LogP contribution in [0.15, 0.2) is 0 Å². The molecule has 4 atom stereocenters. The Hall–Kier alpha value is -0.560. The highest BCUT2D eigenvalue weighted by Gasteiger charge is 2.29. The molecule has 0 unspecified atom stereocenters. The highest BCUT2D eigenvalue weighted by atomic mass is 18.2. The number of halogens is 1. The van der Waals surface area contributed by atoms with Gasteiger partial charge in [0.05, 0.1) is 0 Å². The van der Waals surface area contributed by atoms with Crippen LogP contribution in [-0.4, -0.2) is 57.8 Å². The van der Waals surface area contributed by atoms with Crippen molar-refractivity contribution in [3.8, 4) is 0 Å². The summed E-state index contributed by atoms with van der Waals surface area (Å²) in [4.78, 5) is 9.87. The molecule has 0 aromatic heterocycles. The second-order valence-corrected chi connectivity index (χ2v) is 2.33. The maximum atomic E-state index is 11.7. The number of aldehydes is 1. The van der Waals surface area contributed by atoms with Gasteiger partial charge in [-0.1, -0.05) is 0 Å². The van der Waals surface area contributed by atoms with E-state index in [1.165, 1.54) is 0 Å². The molecule has 0 aromatic carbocycles. The molecule has 0 aromatic rings. The molecule has 0 amide bonds. The van der Waals surface area contributed by atoms with Crippen molar-refractivity contribution in [2.45, 2.75) is 24.4 Å². The van der Waals surface area contributed by atoms with Gasteiger partial charge in [0.1, 0.15) is 31.1 Å². The van der Waals surface area contributed by atoms with Crippen molar-refractivity contribution >= 4 is 6.29 Å². The van der Waals surface area contributed by atoms with Crippen molar-refractivity contribution in [3.63, 3.8) is 0 Å². The summed E-state index contributed by atoms with van der Waals surface area (Å²) in [5.41, 5.74) is 0. The van der Waals surface area contributed by atoms with E-state index in [1.54, 1.807) is 0 Å². The van der Waals surface area contributed by atoms with Gasteiger partial charge in [0.2, 0.25) is 0 Å². The Balaban J connectivity index is 4.07. The molecule has 0 aliphatic heterocycles. The second-order valence-electron chi connectivity index (χ2n) is 2.33. The van der Waals surface area contributed by atoms with Gasteiger partial charge in [0.15, 0.2) is 6.29 Å². The number of aliphatic hydroxyl groups is 4. The molecule has 12 heavy (non-hydrogen) atoms. The zero-order valence-electron chi connectivity index (χ0n) is 6.17. The zero-order chi connectivity index (χ0) is 9.72. The fraction of sp³-hybridized carbons (Fsp3) is 0.833. The molecule has 72 valence electrons. The Morgan fingerprint density at radius 3 is 2.00 bits per heavy atom. The molecule has 0 bridgehead atoms. The van der Waals surface area contributed by atoms with Crippen LogP contribution in [0.3, 0.4) is 0 Å². The predicted molar refractivity (Wildman–Crippen MR) is 36.1 cm³/mol. The van der Waals surface area contributed by atoms with E-state index in [4.69, 9.17) is 20.4 Å². The van der Waals surface area contributed by atoms with E-state index >= 15 is 0 Å². The van der Waals surface area contributed by atoms with E-state index in [1.807, 2.05) is 0 Å². The molecule has 0 radical (unpaired) electrons. The lowest BCUT2D eigenvalue weighted by molar-refractivity contribution is -0.134. The third-order valence-electron chi connectivity index (χ3n) is 1.39. The van der Waals surface area contributed by atoms with Crippen molar-refractivity contribution in [2.24, 2.45) is 0 Å². The zero-order valence-corrected chi connectivity index (χ0v) is 6.17. The molecule has 6 heteroatoms. The van der Waals surface area contributed by atoms with Crippen LogP contribution < -0.4 is 0 Å². The fourth-order valence-electron chi connectivity index (χ4n) is 0.601. The first-order chi connectivity index (χ1) is 5.54. The summed E-state index contributed by atoms with van der Waals surface area (Å²) in [7, 11) is 0. The molecule has 0 rings (SSSR count). The van der Waals surface area contributed by atoms with E-state index in [-0.39, 0.29) is 6.29 Å². The Bertz CT molecular complexity index is 142. The Kier molecular flexibility index (Phi) is 4.91. The molecule has 5 nitrogen and oxygen atoms in total. The van der Waals surface area contributed by atoms with Crippen LogP contribution in [0, 0.1) is 0 Å². The van der Waals surface area contributed by atoms with Gasteiger partial charge in [-0.05, 0) is 0 Å². The lowest BCUT2D eigenvalue weighted by Gasteiger charge is -2.21. The number of aliphatic hydroxyl groups excluding tert-OH is 4. The van der Waals surface area contributed by atoms with Crippen molar-refractivity contribution < 1.29 is 29.6 Å². The Morgan fingerprint density at radius 2 is 1.67 bits per heavy atom. The molecule has 0 fully saturated rings. The van der Waals surface area contributed by atoms with Gasteiger partial charge in [0.25, 0.3) is 0 Å². The summed E-state index contributed by atoms with van der Waals surface area (Å²) in [5, 5.41) is 34.9. The Morgan fingerprint density at radius 1 is 1.17 bits per heavy atom. The van der Waals surface area contributed by atoms with Crippen LogP contribution in [0.1, 0.15) is 0 Å². The van der Waals surface area contributed by atoms with Gasteiger partial charge in [-0.2, -0.15) is 0 Å². The van der Waals surface area contributed by atoms with Gasteiger partial charge in [-0.15, -0.1) is 0 Å². The standard InChI is InChI=1S/C6H11FO5/c7-1-3(9)5(11)6(12)4(10)2-8/h2-6,9-12H,1H2/t3-,4+,5-,6+/m1/s1/i7-1. The minimum absolute atomic E-state index is 0.0150. The van der Waals surface area contributed by atoms with Crippen LogP contribution >= 0.6 is 0 Å². The topological polar surface area (TPSA) is 98.0 Å². The average molecular weight is 181 g/mol. The number of rotatable bonds is 5. The first kappa shape index (κ1) is 11.4. The highest BCUT2D eigenvalue weighted by Crippen LogP contribution is 2.04. The predicted octanol–water partition coefficient (Wildman–Crippen LogP) is -2.40. The quantitative estimate of drug-likeness (QED) is 0.354. The molecular formula is C6H11FO5. The summed E-state index contributed by atoms with van der Waals surface area (Å²) in [6, 6.07) is 0. The van der Waals surface area contributed by atoms with Gasteiger partial charge >= 0.3 is 0 Å². The lowest BCUT2D eigenvalue weighted by Crippen LogP contribution is -2.45.